The molecule has 0 heterocycles. The van der Waals surface area contributed by atoms with Crippen LogP contribution in [0.2, 0.25) is 0 Å². The summed E-state index contributed by atoms with van der Waals surface area (Å²) in [5.41, 5.74) is 1.39. The maximum absolute atomic E-state index is 5.47. The molecule has 0 saturated heterocycles. The van der Waals surface area contributed by atoms with Crippen molar-refractivity contribution in [2.75, 3.05) is 12.0 Å². The highest BCUT2D eigenvalue weighted by molar-refractivity contribution is 7.98. The number of hydrogen-bond acceptors (Lipinski definition) is 1. The fourth-order valence-corrected chi connectivity index (χ4v) is 1.02. The monoisotopic (exact) mass is 156 g/mol. The number of hydrogen-bond donors (Lipinski definition) is 0. The maximum atomic E-state index is 5.47. The van der Waals surface area contributed by atoms with Crippen LogP contribution in [-0.2, 0) is 0 Å². The summed E-state index contributed by atoms with van der Waals surface area (Å²) in [6.07, 6.45) is 1.97. The third-order valence-electron chi connectivity index (χ3n) is 0.401. The predicted octanol–water partition coefficient (Wildman–Crippen LogP) is 2.67. The molecule has 0 bridgehead atoms. The Balaban J connectivity index is 3.17. The molecule has 0 aromatic heterocycles. The van der Waals surface area contributed by atoms with E-state index in [0.29, 0.717) is 5.03 Å². The molecule has 7 heavy (non-hydrogen) atoms. The predicted molar refractivity (Wildman–Crippen MR) is 38.2 cm³/mol. The molecule has 0 atom stereocenters. The van der Waals surface area contributed by atoms with Crippen LogP contribution in [0.1, 0.15) is 0 Å². The van der Waals surface area contributed by atoms with Crippen LogP contribution in [-0.4, -0.2) is 12.0 Å². The standard InChI is InChI=1S/C4H6Cl2S/c1-7-3-4(6)2-5/h2H,3H2,1H3/b4-2-. The summed E-state index contributed by atoms with van der Waals surface area (Å²) in [6, 6.07) is 0. The van der Waals surface area contributed by atoms with Crippen molar-refractivity contribution in [3.05, 3.63) is 10.6 Å². The summed E-state index contributed by atoms with van der Waals surface area (Å²) in [5.74, 6) is 0.811. The zero-order valence-electron chi connectivity index (χ0n) is 3.95. The van der Waals surface area contributed by atoms with Crippen molar-refractivity contribution in [3.63, 3.8) is 0 Å². The van der Waals surface area contributed by atoms with Crippen molar-refractivity contribution in [1.29, 1.82) is 0 Å². The van der Waals surface area contributed by atoms with E-state index in [1.54, 1.807) is 11.8 Å². The topological polar surface area (TPSA) is 0 Å². The van der Waals surface area contributed by atoms with Gasteiger partial charge in [0.15, 0.2) is 0 Å². The Labute approximate surface area is 57.9 Å². The molecule has 0 spiro atoms. The van der Waals surface area contributed by atoms with Crippen molar-refractivity contribution in [1.82, 2.24) is 0 Å². The highest BCUT2D eigenvalue weighted by atomic mass is 35.5. The van der Waals surface area contributed by atoms with Gasteiger partial charge < -0.3 is 0 Å². The Morgan fingerprint density at radius 2 is 2.43 bits per heavy atom. The van der Waals surface area contributed by atoms with Gasteiger partial charge in [0.25, 0.3) is 0 Å². The van der Waals surface area contributed by atoms with E-state index in [-0.39, 0.29) is 0 Å². The quantitative estimate of drug-likeness (QED) is 0.593. The zero-order chi connectivity index (χ0) is 5.70. The Morgan fingerprint density at radius 3 is 2.57 bits per heavy atom. The van der Waals surface area contributed by atoms with E-state index in [2.05, 4.69) is 0 Å². The highest BCUT2D eigenvalue weighted by Gasteiger charge is 1.84. The third-order valence-corrected chi connectivity index (χ3v) is 1.78. The van der Waals surface area contributed by atoms with E-state index in [1.165, 1.54) is 5.54 Å². The summed E-state index contributed by atoms with van der Waals surface area (Å²) in [4.78, 5) is 0. The number of halogens is 2. The Kier molecular flexibility index (Phi) is 5.28. The molecule has 0 aromatic carbocycles. The lowest BCUT2D eigenvalue weighted by Gasteiger charge is -1.86. The zero-order valence-corrected chi connectivity index (χ0v) is 6.28. The molecular formula is C4H6Cl2S. The van der Waals surface area contributed by atoms with Crippen LogP contribution in [0.15, 0.2) is 10.6 Å². The van der Waals surface area contributed by atoms with Gasteiger partial charge in [0.2, 0.25) is 0 Å². The minimum absolute atomic E-state index is 0.703. The summed E-state index contributed by atoms with van der Waals surface area (Å²) < 4.78 is 0. The summed E-state index contributed by atoms with van der Waals surface area (Å²) >= 11 is 12.3. The lowest BCUT2D eigenvalue weighted by Crippen LogP contribution is -1.71. The Hall–Kier alpha value is 0.670. The van der Waals surface area contributed by atoms with Crippen LogP contribution in [0.4, 0.5) is 0 Å². The van der Waals surface area contributed by atoms with E-state index in [4.69, 9.17) is 23.2 Å². The summed E-state index contributed by atoms with van der Waals surface area (Å²) in [7, 11) is 0. The molecule has 0 aliphatic rings. The SMILES string of the molecule is CSC/C(Cl)=C/Cl. The third kappa shape index (κ3) is 4.52. The molecule has 0 radical (unpaired) electrons. The van der Waals surface area contributed by atoms with Crippen LogP contribution in [0.3, 0.4) is 0 Å². The Bertz CT molecular complexity index is 70.1. The minimum atomic E-state index is 0.703. The molecule has 0 amide bonds. The van der Waals surface area contributed by atoms with Crippen LogP contribution < -0.4 is 0 Å². The van der Waals surface area contributed by atoms with Crippen molar-refractivity contribution >= 4 is 35.0 Å². The first kappa shape index (κ1) is 7.67. The molecule has 0 fully saturated rings. The average Bonchev–Trinajstić information content (AvgIpc) is 1.68. The van der Waals surface area contributed by atoms with Crippen LogP contribution in [0, 0.1) is 0 Å². The Morgan fingerprint density at radius 1 is 1.86 bits per heavy atom. The first-order valence-corrected chi connectivity index (χ1v) is 3.95. The fourth-order valence-electron chi connectivity index (χ4n) is 0.169. The average molecular weight is 157 g/mol. The molecule has 42 valence electrons. The summed E-state index contributed by atoms with van der Waals surface area (Å²) in [6.45, 7) is 0. The molecule has 0 aliphatic heterocycles. The molecule has 0 aromatic rings. The molecule has 3 heteroatoms. The lowest BCUT2D eigenvalue weighted by molar-refractivity contribution is 1.73. The van der Waals surface area contributed by atoms with Crippen LogP contribution in [0.25, 0.3) is 0 Å². The lowest BCUT2D eigenvalue weighted by atomic mass is 10.7. The van der Waals surface area contributed by atoms with E-state index in [9.17, 15) is 0 Å². The van der Waals surface area contributed by atoms with Gasteiger partial charge in [-0.05, 0) is 6.26 Å². The van der Waals surface area contributed by atoms with Gasteiger partial charge in [0, 0.05) is 16.3 Å². The fraction of sp³-hybridized carbons (Fsp3) is 0.500. The van der Waals surface area contributed by atoms with Gasteiger partial charge in [-0.2, -0.15) is 11.8 Å². The highest BCUT2D eigenvalue weighted by Crippen LogP contribution is 2.08. The van der Waals surface area contributed by atoms with E-state index >= 15 is 0 Å². The van der Waals surface area contributed by atoms with E-state index in [0.717, 1.165) is 5.75 Å². The number of thioether (sulfide) groups is 1. The van der Waals surface area contributed by atoms with Gasteiger partial charge in [-0.1, -0.05) is 23.2 Å². The van der Waals surface area contributed by atoms with Gasteiger partial charge in [0.05, 0.1) is 0 Å². The van der Waals surface area contributed by atoms with Crippen molar-refractivity contribution < 1.29 is 0 Å². The minimum Gasteiger partial charge on any atom is -0.160 e. The molecular weight excluding hydrogens is 151 g/mol. The second-order valence-corrected chi connectivity index (χ2v) is 2.56. The van der Waals surface area contributed by atoms with Gasteiger partial charge in [-0.15, -0.1) is 0 Å². The van der Waals surface area contributed by atoms with Crippen LogP contribution in [0.5, 0.6) is 0 Å². The van der Waals surface area contributed by atoms with Gasteiger partial charge >= 0.3 is 0 Å². The number of rotatable bonds is 2. The normalized spacial score (nSPS) is 12.1. The van der Waals surface area contributed by atoms with Gasteiger partial charge in [0.1, 0.15) is 0 Å². The van der Waals surface area contributed by atoms with Gasteiger partial charge in [-0.3, -0.25) is 0 Å². The largest absolute Gasteiger partial charge is 0.160 e. The van der Waals surface area contributed by atoms with Crippen molar-refractivity contribution in [2.45, 2.75) is 0 Å². The molecule has 0 nitrogen and oxygen atoms in total. The first-order valence-electron chi connectivity index (χ1n) is 1.75. The van der Waals surface area contributed by atoms with Crippen LogP contribution >= 0.6 is 35.0 Å². The first-order chi connectivity index (χ1) is 3.31. The molecule has 0 rings (SSSR count). The maximum Gasteiger partial charge on any atom is 0.0392 e. The summed E-state index contributed by atoms with van der Waals surface area (Å²) in [5, 5.41) is 0.703. The molecule has 0 saturated carbocycles. The van der Waals surface area contributed by atoms with Crippen molar-refractivity contribution in [2.24, 2.45) is 0 Å². The van der Waals surface area contributed by atoms with E-state index in [1.807, 2.05) is 6.26 Å². The molecule has 0 N–H and O–H groups in total. The smallest absolute Gasteiger partial charge is 0.0392 e. The molecule has 0 unspecified atom stereocenters. The second-order valence-electron chi connectivity index (χ2n) is 0.989. The van der Waals surface area contributed by atoms with Gasteiger partial charge in [-0.25, -0.2) is 0 Å². The molecule has 0 aliphatic carbocycles. The van der Waals surface area contributed by atoms with Crippen molar-refractivity contribution in [3.8, 4) is 0 Å². The second kappa shape index (κ2) is 4.82. The van der Waals surface area contributed by atoms with E-state index < -0.39 is 0 Å².